The standard InChI is InChI=1S/C20H21NO7/c1-12(22)13-6-5-7-14(8-13)28-11-19(23)21-16-10-18(26-3)17(25-2)9-15(16)20(24)27-4/h5-10H,11H2,1-4H3,(H,21,23). The zero-order valence-electron chi connectivity index (χ0n) is 16.0. The number of ketones is 1. The molecule has 0 aliphatic rings. The molecule has 0 aliphatic carbocycles. The van der Waals surface area contributed by atoms with Gasteiger partial charge < -0.3 is 24.3 Å². The van der Waals surface area contributed by atoms with Crippen molar-refractivity contribution in [2.45, 2.75) is 6.92 Å². The Bertz CT molecular complexity index is 892. The van der Waals surface area contributed by atoms with E-state index in [1.54, 1.807) is 24.3 Å². The highest BCUT2D eigenvalue weighted by Gasteiger charge is 2.19. The Morgan fingerprint density at radius 2 is 1.64 bits per heavy atom. The fourth-order valence-electron chi connectivity index (χ4n) is 2.40. The van der Waals surface area contributed by atoms with E-state index in [-0.39, 0.29) is 23.6 Å². The molecular weight excluding hydrogens is 366 g/mol. The Morgan fingerprint density at radius 1 is 0.964 bits per heavy atom. The average molecular weight is 387 g/mol. The lowest BCUT2D eigenvalue weighted by atomic mass is 10.1. The highest BCUT2D eigenvalue weighted by Crippen LogP contribution is 2.33. The predicted octanol–water partition coefficient (Wildman–Crippen LogP) is 2.71. The number of rotatable bonds is 8. The highest BCUT2D eigenvalue weighted by atomic mass is 16.5. The number of nitrogens with one attached hydrogen (secondary N) is 1. The van der Waals surface area contributed by atoms with Gasteiger partial charge >= 0.3 is 5.97 Å². The summed E-state index contributed by atoms with van der Waals surface area (Å²) in [7, 11) is 4.10. The number of Topliss-reactive ketones (excluding diaryl/α,β-unsaturated/α-hetero) is 1. The summed E-state index contributed by atoms with van der Waals surface area (Å²) in [5.41, 5.74) is 0.772. The molecule has 1 amide bonds. The number of benzene rings is 2. The molecule has 2 aromatic rings. The van der Waals surface area contributed by atoms with E-state index in [4.69, 9.17) is 18.9 Å². The van der Waals surface area contributed by atoms with Crippen LogP contribution in [0.4, 0.5) is 5.69 Å². The normalized spacial score (nSPS) is 10.0. The molecule has 0 saturated carbocycles. The van der Waals surface area contributed by atoms with Crippen LogP contribution < -0.4 is 19.5 Å². The van der Waals surface area contributed by atoms with Crippen molar-refractivity contribution in [3.63, 3.8) is 0 Å². The zero-order chi connectivity index (χ0) is 20.7. The molecule has 0 bridgehead atoms. The molecule has 0 atom stereocenters. The number of methoxy groups -OCH3 is 3. The number of carbonyl (C=O) groups excluding carboxylic acids is 3. The van der Waals surface area contributed by atoms with Crippen LogP contribution in [-0.4, -0.2) is 45.6 Å². The van der Waals surface area contributed by atoms with Crippen molar-refractivity contribution >= 4 is 23.3 Å². The minimum atomic E-state index is -0.647. The molecular formula is C20H21NO7. The fourth-order valence-corrected chi connectivity index (χ4v) is 2.40. The Morgan fingerprint density at radius 3 is 2.25 bits per heavy atom. The van der Waals surface area contributed by atoms with Crippen LogP contribution in [0.3, 0.4) is 0 Å². The fraction of sp³-hybridized carbons (Fsp3) is 0.250. The van der Waals surface area contributed by atoms with Crippen LogP contribution in [0.25, 0.3) is 0 Å². The lowest BCUT2D eigenvalue weighted by Crippen LogP contribution is -2.22. The third-order valence-corrected chi connectivity index (χ3v) is 3.81. The number of anilines is 1. The van der Waals surface area contributed by atoms with Gasteiger partial charge in [0.15, 0.2) is 23.9 Å². The van der Waals surface area contributed by atoms with Crippen molar-refractivity contribution in [1.82, 2.24) is 0 Å². The summed E-state index contributed by atoms with van der Waals surface area (Å²) in [5, 5.41) is 2.59. The topological polar surface area (TPSA) is 100 Å². The maximum atomic E-state index is 12.3. The van der Waals surface area contributed by atoms with Crippen LogP contribution in [0, 0.1) is 0 Å². The van der Waals surface area contributed by atoms with Gasteiger partial charge in [0.1, 0.15) is 5.75 Å². The molecule has 0 saturated heterocycles. The lowest BCUT2D eigenvalue weighted by molar-refractivity contribution is -0.118. The Kier molecular flexibility index (Phi) is 6.97. The summed E-state index contributed by atoms with van der Waals surface area (Å²) >= 11 is 0. The molecule has 0 fully saturated rings. The van der Waals surface area contributed by atoms with E-state index < -0.39 is 11.9 Å². The van der Waals surface area contributed by atoms with Crippen molar-refractivity contribution < 1.29 is 33.3 Å². The van der Waals surface area contributed by atoms with Crippen molar-refractivity contribution in [3.8, 4) is 17.2 Å². The molecule has 148 valence electrons. The molecule has 0 spiro atoms. The highest BCUT2D eigenvalue weighted by molar-refractivity contribution is 6.02. The minimum Gasteiger partial charge on any atom is -0.493 e. The van der Waals surface area contributed by atoms with E-state index in [0.717, 1.165) is 0 Å². The van der Waals surface area contributed by atoms with Gasteiger partial charge in [-0.25, -0.2) is 4.79 Å². The summed E-state index contributed by atoms with van der Waals surface area (Å²) in [6, 6.07) is 9.37. The van der Waals surface area contributed by atoms with Gasteiger partial charge in [0, 0.05) is 17.7 Å². The molecule has 0 aliphatic heterocycles. The number of ether oxygens (including phenoxy) is 4. The van der Waals surface area contributed by atoms with Crippen LogP contribution in [0.5, 0.6) is 17.2 Å². The quantitative estimate of drug-likeness (QED) is 0.549. The van der Waals surface area contributed by atoms with Crippen LogP contribution in [0.2, 0.25) is 0 Å². The van der Waals surface area contributed by atoms with Gasteiger partial charge in [-0.05, 0) is 19.1 Å². The van der Waals surface area contributed by atoms with Crippen molar-refractivity contribution in [3.05, 3.63) is 47.5 Å². The minimum absolute atomic E-state index is 0.104. The summed E-state index contributed by atoms with van der Waals surface area (Å²) in [6.07, 6.45) is 0. The van der Waals surface area contributed by atoms with Crippen molar-refractivity contribution in [2.24, 2.45) is 0 Å². The van der Waals surface area contributed by atoms with Gasteiger partial charge in [-0.15, -0.1) is 0 Å². The Balaban J connectivity index is 2.17. The van der Waals surface area contributed by atoms with E-state index in [2.05, 4.69) is 5.32 Å². The molecule has 2 aromatic carbocycles. The molecule has 0 heterocycles. The van der Waals surface area contributed by atoms with Gasteiger partial charge in [0.2, 0.25) is 0 Å². The predicted molar refractivity (Wildman–Crippen MR) is 101 cm³/mol. The summed E-state index contributed by atoms with van der Waals surface area (Å²) < 4.78 is 20.5. The van der Waals surface area contributed by atoms with Crippen LogP contribution in [-0.2, 0) is 9.53 Å². The van der Waals surface area contributed by atoms with Crippen molar-refractivity contribution in [1.29, 1.82) is 0 Å². The number of esters is 1. The van der Waals surface area contributed by atoms with Crippen LogP contribution >= 0.6 is 0 Å². The maximum absolute atomic E-state index is 12.3. The lowest BCUT2D eigenvalue weighted by Gasteiger charge is -2.15. The number of amides is 1. The van der Waals surface area contributed by atoms with E-state index >= 15 is 0 Å². The molecule has 0 radical (unpaired) electrons. The number of hydrogen-bond acceptors (Lipinski definition) is 7. The van der Waals surface area contributed by atoms with Gasteiger partial charge in [-0.1, -0.05) is 12.1 Å². The van der Waals surface area contributed by atoms with Crippen molar-refractivity contribution in [2.75, 3.05) is 33.3 Å². The Hall–Kier alpha value is -3.55. The first-order valence-electron chi connectivity index (χ1n) is 8.27. The summed E-state index contributed by atoms with van der Waals surface area (Å²) in [6.45, 7) is 1.12. The number of carbonyl (C=O) groups is 3. The molecule has 0 unspecified atom stereocenters. The molecule has 0 aromatic heterocycles. The summed E-state index contributed by atoms with van der Waals surface area (Å²) in [5.74, 6) is -0.234. The average Bonchev–Trinajstić information content (AvgIpc) is 2.71. The molecule has 28 heavy (non-hydrogen) atoms. The largest absolute Gasteiger partial charge is 0.493 e. The maximum Gasteiger partial charge on any atom is 0.340 e. The van der Waals surface area contributed by atoms with Crippen LogP contribution in [0.1, 0.15) is 27.6 Å². The molecule has 8 nitrogen and oxygen atoms in total. The third kappa shape index (κ3) is 5.00. The van der Waals surface area contributed by atoms with E-state index in [1.807, 2.05) is 0 Å². The van der Waals surface area contributed by atoms with Gasteiger partial charge in [-0.2, -0.15) is 0 Å². The van der Waals surface area contributed by atoms with Crippen LogP contribution in [0.15, 0.2) is 36.4 Å². The molecule has 8 heteroatoms. The summed E-state index contributed by atoms with van der Waals surface area (Å²) in [4.78, 5) is 35.7. The molecule has 1 N–H and O–H groups in total. The van der Waals surface area contributed by atoms with Gasteiger partial charge in [-0.3, -0.25) is 9.59 Å². The zero-order valence-corrected chi connectivity index (χ0v) is 16.0. The van der Waals surface area contributed by atoms with E-state index in [0.29, 0.717) is 22.8 Å². The first-order valence-corrected chi connectivity index (χ1v) is 8.27. The Labute approximate surface area is 162 Å². The molecule has 2 rings (SSSR count). The second kappa shape index (κ2) is 9.40. The monoisotopic (exact) mass is 387 g/mol. The van der Waals surface area contributed by atoms with Gasteiger partial charge in [0.05, 0.1) is 32.6 Å². The number of hydrogen-bond donors (Lipinski definition) is 1. The smallest absolute Gasteiger partial charge is 0.340 e. The van der Waals surface area contributed by atoms with Gasteiger partial charge in [0.25, 0.3) is 5.91 Å². The van der Waals surface area contributed by atoms with E-state index in [9.17, 15) is 14.4 Å². The van der Waals surface area contributed by atoms with E-state index in [1.165, 1.54) is 40.4 Å². The second-order valence-electron chi connectivity index (χ2n) is 5.67. The first-order chi connectivity index (χ1) is 13.4. The first kappa shape index (κ1) is 20.8. The SMILES string of the molecule is COC(=O)c1cc(OC)c(OC)cc1NC(=O)COc1cccc(C(C)=O)c1. The second-order valence-corrected chi connectivity index (χ2v) is 5.67. The third-order valence-electron chi connectivity index (χ3n) is 3.81.